The molecule has 0 aliphatic heterocycles. The normalized spacial score (nSPS) is 10.0. The number of hydrogen-bond donors (Lipinski definition) is 0. The van der Waals surface area contributed by atoms with Crippen molar-refractivity contribution in [2.45, 2.75) is 19.4 Å². The molecule has 0 aromatic carbocycles. The predicted molar refractivity (Wildman–Crippen MR) is 27.9 cm³/mol. The average Bonchev–Trinajstić information content (AvgIpc) is 1.35. The van der Waals surface area contributed by atoms with Crippen molar-refractivity contribution in [3.8, 4) is 0 Å². The Morgan fingerprint density at radius 2 is 2.00 bits per heavy atom. The highest BCUT2D eigenvalue weighted by Crippen LogP contribution is 1.94. The Kier molecular flexibility index (Phi) is 3.47. The van der Waals surface area contributed by atoms with Crippen LogP contribution in [0.1, 0.15) is 13.8 Å². The van der Waals surface area contributed by atoms with E-state index < -0.39 is 0 Å². The van der Waals surface area contributed by atoms with Crippen LogP contribution in [0.25, 0.3) is 0 Å². The molecule has 0 saturated carbocycles. The third kappa shape index (κ3) is 4.18. The van der Waals surface area contributed by atoms with E-state index in [1.54, 1.807) is 7.11 Å². The Morgan fingerprint density at radius 3 is 2.00 bits per heavy atom. The standard InChI is InChI=1S/C4H10OSi/c1-4(2)6-5-3/h4H,1-3H3. The maximum atomic E-state index is 4.83. The van der Waals surface area contributed by atoms with E-state index in [1.807, 2.05) is 0 Å². The smallest absolute Gasteiger partial charge is 0.231 e. The van der Waals surface area contributed by atoms with E-state index in [4.69, 9.17) is 4.43 Å². The van der Waals surface area contributed by atoms with Crippen LogP contribution < -0.4 is 0 Å². The van der Waals surface area contributed by atoms with Crippen molar-refractivity contribution < 1.29 is 4.43 Å². The maximum absolute atomic E-state index is 4.83. The van der Waals surface area contributed by atoms with Gasteiger partial charge in [-0.05, 0) is 5.54 Å². The van der Waals surface area contributed by atoms with Crippen molar-refractivity contribution in [3.05, 3.63) is 0 Å². The third-order valence-electron chi connectivity index (χ3n) is 0.354. The summed E-state index contributed by atoms with van der Waals surface area (Å²) in [5.74, 6) is 0. The van der Waals surface area contributed by atoms with Crippen molar-refractivity contribution in [1.82, 2.24) is 0 Å². The van der Waals surface area contributed by atoms with Crippen LogP contribution in [-0.2, 0) is 4.43 Å². The molecule has 0 spiro atoms. The van der Waals surface area contributed by atoms with E-state index in [9.17, 15) is 0 Å². The van der Waals surface area contributed by atoms with Gasteiger partial charge < -0.3 is 4.43 Å². The van der Waals surface area contributed by atoms with Crippen molar-refractivity contribution in [2.75, 3.05) is 7.11 Å². The summed E-state index contributed by atoms with van der Waals surface area (Å²) in [5.41, 5.74) is 0.704. The summed E-state index contributed by atoms with van der Waals surface area (Å²) in [6.45, 7) is 4.28. The lowest BCUT2D eigenvalue weighted by molar-refractivity contribution is 0.434. The second-order valence-corrected chi connectivity index (χ2v) is 3.28. The summed E-state index contributed by atoms with van der Waals surface area (Å²) in [4.78, 5) is 0. The van der Waals surface area contributed by atoms with Gasteiger partial charge in [0.05, 0.1) is 0 Å². The molecule has 0 bridgehead atoms. The van der Waals surface area contributed by atoms with Crippen LogP contribution >= 0.6 is 0 Å². The molecule has 0 heterocycles. The van der Waals surface area contributed by atoms with Crippen molar-refractivity contribution in [2.24, 2.45) is 0 Å². The molecule has 6 heavy (non-hydrogen) atoms. The van der Waals surface area contributed by atoms with Crippen LogP contribution in [0.3, 0.4) is 0 Å². The fourth-order valence-corrected chi connectivity index (χ4v) is 0.707. The van der Waals surface area contributed by atoms with E-state index in [1.165, 1.54) is 0 Å². The fourth-order valence-electron chi connectivity index (χ4n) is 0.236. The summed E-state index contributed by atoms with van der Waals surface area (Å²) < 4.78 is 4.83. The second-order valence-electron chi connectivity index (χ2n) is 1.48. The Hall–Kier alpha value is 0.177. The van der Waals surface area contributed by atoms with Gasteiger partial charge in [-0.3, -0.25) is 0 Å². The van der Waals surface area contributed by atoms with Gasteiger partial charge in [0, 0.05) is 7.11 Å². The lowest BCUT2D eigenvalue weighted by Gasteiger charge is -1.94. The van der Waals surface area contributed by atoms with Gasteiger partial charge >= 0.3 is 0 Å². The van der Waals surface area contributed by atoms with Gasteiger partial charge in [0.2, 0.25) is 9.76 Å². The van der Waals surface area contributed by atoms with Gasteiger partial charge in [-0.25, -0.2) is 0 Å². The van der Waals surface area contributed by atoms with Crippen LogP contribution in [0.5, 0.6) is 0 Å². The molecule has 0 unspecified atom stereocenters. The van der Waals surface area contributed by atoms with E-state index >= 15 is 0 Å². The van der Waals surface area contributed by atoms with Gasteiger partial charge in [0.25, 0.3) is 0 Å². The molecule has 2 heteroatoms. The van der Waals surface area contributed by atoms with E-state index in [2.05, 4.69) is 13.8 Å². The van der Waals surface area contributed by atoms with Gasteiger partial charge in [-0.1, -0.05) is 13.8 Å². The van der Waals surface area contributed by atoms with E-state index in [0.29, 0.717) is 15.3 Å². The molecule has 0 aliphatic carbocycles. The minimum atomic E-state index is 0.671. The highest BCUT2D eigenvalue weighted by atomic mass is 28.2. The SMILES string of the molecule is CO[Si]C(C)C. The first-order chi connectivity index (χ1) is 2.77. The van der Waals surface area contributed by atoms with E-state index in [-0.39, 0.29) is 0 Å². The van der Waals surface area contributed by atoms with E-state index in [0.717, 1.165) is 0 Å². The summed E-state index contributed by atoms with van der Waals surface area (Å²) in [6.07, 6.45) is 0. The first-order valence-electron chi connectivity index (χ1n) is 2.06. The maximum Gasteiger partial charge on any atom is 0.231 e. The Balaban J connectivity index is 2.63. The highest BCUT2D eigenvalue weighted by Gasteiger charge is 1.90. The molecule has 1 nitrogen and oxygen atoms in total. The zero-order valence-electron chi connectivity index (χ0n) is 4.49. The Labute approximate surface area is 41.6 Å². The molecule has 0 saturated heterocycles. The molecule has 0 fully saturated rings. The molecule has 0 aromatic heterocycles. The van der Waals surface area contributed by atoms with Crippen LogP contribution in [0.4, 0.5) is 0 Å². The zero-order chi connectivity index (χ0) is 4.99. The van der Waals surface area contributed by atoms with Crippen LogP contribution in [0.15, 0.2) is 0 Å². The summed E-state index contributed by atoms with van der Waals surface area (Å²) in [7, 11) is 2.41. The first kappa shape index (κ1) is 6.18. The van der Waals surface area contributed by atoms with Crippen LogP contribution in [0, 0.1) is 0 Å². The quantitative estimate of drug-likeness (QED) is 0.474. The molecule has 2 radical (unpaired) electrons. The third-order valence-corrected chi connectivity index (χ3v) is 1.06. The lowest BCUT2D eigenvalue weighted by Crippen LogP contribution is -1.96. The van der Waals surface area contributed by atoms with Crippen molar-refractivity contribution in [1.29, 1.82) is 0 Å². The zero-order valence-corrected chi connectivity index (χ0v) is 5.49. The largest absolute Gasteiger partial charge is 0.420 e. The monoisotopic (exact) mass is 102 g/mol. The minimum absolute atomic E-state index is 0.671. The Bertz CT molecular complexity index is 28.7. The molecule has 36 valence electrons. The Morgan fingerprint density at radius 1 is 1.50 bits per heavy atom. The van der Waals surface area contributed by atoms with Crippen molar-refractivity contribution >= 4 is 9.76 Å². The lowest BCUT2D eigenvalue weighted by atomic mass is 10.6. The molecule has 0 N–H and O–H groups in total. The van der Waals surface area contributed by atoms with Crippen molar-refractivity contribution in [3.63, 3.8) is 0 Å². The first-order valence-corrected chi connectivity index (χ1v) is 3.04. The highest BCUT2D eigenvalue weighted by molar-refractivity contribution is 6.28. The van der Waals surface area contributed by atoms with Gasteiger partial charge in [-0.2, -0.15) is 0 Å². The predicted octanol–water partition coefficient (Wildman–Crippen LogP) is 1.08. The summed E-state index contributed by atoms with van der Waals surface area (Å²) in [5, 5.41) is 0. The number of rotatable bonds is 2. The number of hydrogen-bond acceptors (Lipinski definition) is 1. The molecule has 0 atom stereocenters. The molecular weight excluding hydrogens is 92.1 g/mol. The van der Waals surface area contributed by atoms with Crippen LogP contribution in [0.2, 0.25) is 5.54 Å². The minimum Gasteiger partial charge on any atom is -0.420 e. The second kappa shape index (κ2) is 3.37. The van der Waals surface area contributed by atoms with Gasteiger partial charge in [-0.15, -0.1) is 0 Å². The summed E-state index contributed by atoms with van der Waals surface area (Å²) in [6, 6.07) is 0. The topological polar surface area (TPSA) is 9.23 Å². The molecule has 0 aromatic rings. The molecule has 0 rings (SSSR count). The molecule has 0 aliphatic rings. The average molecular weight is 102 g/mol. The fraction of sp³-hybridized carbons (Fsp3) is 1.00. The summed E-state index contributed by atoms with van der Waals surface area (Å²) >= 11 is 0. The molecule has 0 amide bonds. The van der Waals surface area contributed by atoms with Crippen LogP contribution in [-0.4, -0.2) is 16.9 Å². The molecular formula is C4H10OSi. The van der Waals surface area contributed by atoms with Gasteiger partial charge in [0.1, 0.15) is 0 Å². The van der Waals surface area contributed by atoms with Gasteiger partial charge in [0.15, 0.2) is 0 Å².